The summed E-state index contributed by atoms with van der Waals surface area (Å²) < 4.78 is 13.0. The minimum atomic E-state index is -0.534. The van der Waals surface area contributed by atoms with E-state index in [0.29, 0.717) is 6.42 Å². The molecule has 0 unspecified atom stereocenters. The van der Waals surface area contributed by atoms with Crippen LogP contribution in [0.2, 0.25) is 0 Å². The Kier molecular flexibility index (Phi) is 3.12. The minimum absolute atomic E-state index is 0.142. The fraction of sp³-hybridized carbons (Fsp3) is 0.400. The van der Waals surface area contributed by atoms with Crippen molar-refractivity contribution in [1.29, 1.82) is 0 Å². The first kappa shape index (κ1) is 9.84. The average Bonchev–Trinajstić information content (AvgIpc) is 2.03. The van der Waals surface area contributed by atoms with Gasteiger partial charge in [0.1, 0.15) is 0 Å². The van der Waals surface area contributed by atoms with Gasteiger partial charge in [-0.2, -0.15) is 0 Å². The van der Waals surface area contributed by atoms with E-state index in [0.717, 1.165) is 6.20 Å². The Labute approximate surface area is 76.8 Å². The molecule has 0 aromatic carbocycles. The van der Waals surface area contributed by atoms with E-state index in [1.165, 1.54) is 12.3 Å². The molecule has 0 bridgehead atoms. The van der Waals surface area contributed by atoms with Gasteiger partial charge < -0.3 is 0 Å². The number of carbonyl (C=O) groups excluding carboxylic acids is 1. The summed E-state index contributed by atoms with van der Waals surface area (Å²) in [5.41, 5.74) is 0.142. The quantitative estimate of drug-likeness (QED) is 0.670. The van der Waals surface area contributed by atoms with Crippen LogP contribution < -0.4 is 0 Å². The average molecular weight is 181 g/mol. The lowest BCUT2D eigenvalue weighted by molar-refractivity contribution is 0.0963. The van der Waals surface area contributed by atoms with E-state index in [4.69, 9.17) is 0 Å². The SMILES string of the molecule is CC(C)CC(=O)c1ccncc1F. The van der Waals surface area contributed by atoms with Gasteiger partial charge in [0.2, 0.25) is 0 Å². The molecule has 1 rings (SSSR count). The monoisotopic (exact) mass is 181 g/mol. The van der Waals surface area contributed by atoms with Crippen LogP contribution >= 0.6 is 0 Å². The van der Waals surface area contributed by atoms with Gasteiger partial charge in [0, 0.05) is 12.6 Å². The summed E-state index contributed by atoms with van der Waals surface area (Å²) in [7, 11) is 0. The number of pyridine rings is 1. The lowest BCUT2D eigenvalue weighted by Gasteiger charge is -2.03. The standard InChI is InChI=1S/C10H12FNO/c1-7(2)5-10(13)8-3-4-12-6-9(8)11/h3-4,6-7H,5H2,1-2H3. The fourth-order valence-corrected chi connectivity index (χ4v) is 1.08. The van der Waals surface area contributed by atoms with Crippen molar-refractivity contribution in [2.24, 2.45) is 5.92 Å². The largest absolute Gasteiger partial charge is 0.294 e. The first-order chi connectivity index (χ1) is 6.11. The molecule has 0 aliphatic carbocycles. The smallest absolute Gasteiger partial charge is 0.166 e. The number of ketones is 1. The number of rotatable bonds is 3. The highest BCUT2D eigenvalue weighted by molar-refractivity contribution is 5.96. The zero-order valence-electron chi connectivity index (χ0n) is 7.75. The molecule has 0 amide bonds. The Morgan fingerprint density at radius 2 is 2.31 bits per heavy atom. The van der Waals surface area contributed by atoms with E-state index in [1.54, 1.807) is 0 Å². The highest BCUT2D eigenvalue weighted by Crippen LogP contribution is 2.11. The maximum atomic E-state index is 13.0. The molecule has 0 saturated carbocycles. The molecule has 1 aromatic rings. The van der Waals surface area contributed by atoms with Crippen molar-refractivity contribution in [3.8, 4) is 0 Å². The minimum Gasteiger partial charge on any atom is -0.294 e. The van der Waals surface area contributed by atoms with E-state index in [9.17, 15) is 9.18 Å². The summed E-state index contributed by atoms with van der Waals surface area (Å²) in [6.45, 7) is 3.86. The predicted molar refractivity (Wildman–Crippen MR) is 48.0 cm³/mol. The van der Waals surface area contributed by atoms with Crippen LogP contribution in [0.5, 0.6) is 0 Å². The van der Waals surface area contributed by atoms with Crippen molar-refractivity contribution in [2.75, 3.05) is 0 Å². The number of hydrogen-bond acceptors (Lipinski definition) is 2. The van der Waals surface area contributed by atoms with Crippen LogP contribution in [0.1, 0.15) is 30.6 Å². The van der Waals surface area contributed by atoms with Crippen LogP contribution in [0.25, 0.3) is 0 Å². The van der Waals surface area contributed by atoms with Gasteiger partial charge in [-0.1, -0.05) is 13.8 Å². The van der Waals surface area contributed by atoms with Crippen LogP contribution in [0.15, 0.2) is 18.5 Å². The van der Waals surface area contributed by atoms with Crippen molar-refractivity contribution in [3.63, 3.8) is 0 Å². The molecule has 0 spiro atoms. The second-order valence-corrected chi connectivity index (χ2v) is 3.38. The first-order valence-electron chi connectivity index (χ1n) is 4.24. The normalized spacial score (nSPS) is 10.5. The molecule has 1 heterocycles. The van der Waals surface area contributed by atoms with Gasteiger partial charge >= 0.3 is 0 Å². The van der Waals surface area contributed by atoms with Crippen LogP contribution in [0.3, 0.4) is 0 Å². The first-order valence-corrected chi connectivity index (χ1v) is 4.24. The topological polar surface area (TPSA) is 30.0 Å². The summed E-state index contributed by atoms with van der Waals surface area (Å²) in [5, 5.41) is 0. The fourth-order valence-electron chi connectivity index (χ4n) is 1.08. The van der Waals surface area contributed by atoms with Gasteiger partial charge in [0.05, 0.1) is 11.8 Å². The molecule has 70 valence electrons. The summed E-state index contributed by atoms with van der Waals surface area (Å²) in [6, 6.07) is 1.42. The Balaban J connectivity index is 2.83. The van der Waals surface area contributed by atoms with E-state index in [1.807, 2.05) is 13.8 Å². The molecule has 0 aliphatic rings. The maximum absolute atomic E-state index is 13.0. The van der Waals surface area contributed by atoms with Crippen molar-refractivity contribution in [1.82, 2.24) is 4.98 Å². The van der Waals surface area contributed by atoms with Crippen LogP contribution in [0, 0.1) is 11.7 Å². The number of aromatic nitrogens is 1. The summed E-state index contributed by atoms with van der Waals surface area (Å²) in [6.07, 6.45) is 2.87. The van der Waals surface area contributed by atoms with E-state index in [-0.39, 0.29) is 17.3 Å². The van der Waals surface area contributed by atoms with Crippen molar-refractivity contribution >= 4 is 5.78 Å². The summed E-state index contributed by atoms with van der Waals surface area (Å²) in [4.78, 5) is 15.0. The molecule has 0 N–H and O–H groups in total. The van der Waals surface area contributed by atoms with Gasteiger partial charge in [0.25, 0.3) is 0 Å². The van der Waals surface area contributed by atoms with Crippen LogP contribution in [-0.4, -0.2) is 10.8 Å². The van der Waals surface area contributed by atoms with Gasteiger partial charge in [-0.05, 0) is 12.0 Å². The third-order valence-electron chi connectivity index (χ3n) is 1.67. The second kappa shape index (κ2) is 4.12. The van der Waals surface area contributed by atoms with Crippen LogP contribution in [0.4, 0.5) is 4.39 Å². The highest BCUT2D eigenvalue weighted by atomic mass is 19.1. The predicted octanol–water partition coefficient (Wildman–Crippen LogP) is 2.45. The summed E-state index contributed by atoms with van der Waals surface area (Å²) in [5.74, 6) is -0.442. The summed E-state index contributed by atoms with van der Waals surface area (Å²) >= 11 is 0. The number of carbonyl (C=O) groups is 1. The molecule has 0 fully saturated rings. The van der Waals surface area contributed by atoms with Gasteiger partial charge in [0.15, 0.2) is 11.6 Å². The number of nitrogens with zero attached hydrogens (tertiary/aromatic N) is 1. The Morgan fingerprint density at radius 1 is 1.62 bits per heavy atom. The molecule has 0 atom stereocenters. The number of Topliss-reactive ketones (excluding diaryl/α,β-unsaturated/α-hetero) is 1. The van der Waals surface area contributed by atoms with Gasteiger partial charge in [-0.3, -0.25) is 9.78 Å². The molecule has 0 radical (unpaired) electrons. The molecule has 2 nitrogen and oxygen atoms in total. The molecular formula is C10H12FNO. The van der Waals surface area contributed by atoms with Crippen LogP contribution in [-0.2, 0) is 0 Å². The van der Waals surface area contributed by atoms with Crippen molar-refractivity contribution in [3.05, 3.63) is 29.8 Å². The second-order valence-electron chi connectivity index (χ2n) is 3.38. The number of halogens is 1. The zero-order valence-corrected chi connectivity index (χ0v) is 7.75. The third kappa shape index (κ3) is 2.61. The molecule has 0 aliphatic heterocycles. The molecule has 13 heavy (non-hydrogen) atoms. The van der Waals surface area contributed by atoms with Crippen molar-refractivity contribution < 1.29 is 9.18 Å². The zero-order chi connectivity index (χ0) is 9.84. The molecule has 1 aromatic heterocycles. The lowest BCUT2D eigenvalue weighted by Crippen LogP contribution is -2.06. The van der Waals surface area contributed by atoms with E-state index < -0.39 is 5.82 Å². The van der Waals surface area contributed by atoms with Crippen molar-refractivity contribution in [2.45, 2.75) is 20.3 Å². The van der Waals surface area contributed by atoms with Gasteiger partial charge in [-0.25, -0.2) is 4.39 Å². The Morgan fingerprint density at radius 3 is 2.85 bits per heavy atom. The van der Waals surface area contributed by atoms with E-state index in [2.05, 4.69) is 4.98 Å². The Hall–Kier alpha value is -1.25. The Bertz CT molecular complexity index is 310. The molecular weight excluding hydrogens is 169 g/mol. The highest BCUT2D eigenvalue weighted by Gasteiger charge is 2.12. The lowest BCUT2D eigenvalue weighted by atomic mass is 10.0. The number of hydrogen-bond donors (Lipinski definition) is 0. The maximum Gasteiger partial charge on any atom is 0.166 e. The van der Waals surface area contributed by atoms with Gasteiger partial charge in [-0.15, -0.1) is 0 Å². The molecule has 3 heteroatoms. The van der Waals surface area contributed by atoms with E-state index >= 15 is 0 Å². The molecule has 0 saturated heterocycles. The third-order valence-corrected chi connectivity index (χ3v) is 1.67.